The molecule has 2 N–H and O–H groups in total. The second-order valence-corrected chi connectivity index (χ2v) is 8.83. The Morgan fingerprint density at radius 3 is 2.70 bits per heavy atom. The highest BCUT2D eigenvalue weighted by Gasteiger charge is 2.32. The molecular formula is C23H25N3O3S. The highest BCUT2D eigenvalue weighted by atomic mass is 32.2. The van der Waals surface area contributed by atoms with Gasteiger partial charge in [-0.2, -0.15) is 5.10 Å². The summed E-state index contributed by atoms with van der Waals surface area (Å²) in [6.45, 7) is 6.43. The van der Waals surface area contributed by atoms with Crippen molar-refractivity contribution in [2.24, 2.45) is 0 Å². The lowest BCUT2D eigenvalue weighted by molar-refractivity contribution is -0.115. The van der Waals surface area contributed by atoms with Gasteiger partial charge in [-0.25, -0.2) is 0 Å². The molecule has 6 nitrogen and oxygen atoms in total. The van der Waals surface area contributed by atoms with Crippen LogP contribution in [0.5, 0.6) is 11.5 Å². The fourth-order valence-electron chi connectivity index (χ4n) is 3.55. The number of amides is 1. The van der Waals surface area contributed by atoms with Crippen LogP contribution in [0.1, 0.15) is 40.1 Å². The van der Waals surface area contributed by atoms with E-state index in [-0.39, 0.29) is 16.4 Å². The SMILES string of the molecule is COc1cc([C@@H]2S[C@H](C)C(=O)Nc3n[nH]c(C)c32)ccc1OCc1ccccc1C. The van der Waals surface area contributed by atoms with Crippen molar-refractivity contribution < 1.29 is 14.3 Å². The van der Waals surface area contributed by atoms with Crippen LogP contribution in [0.2, 0.25) is 0 Å². The molecule has 7 heteroatoms. The number of hydrogen-bond donors (Lipinski definition) is 2. The van der Waals surface area contributed by atoms with Gasteiger partial charge in [-0.1, -0.05) is 30.3 Å². The topological polar surface area (TPSA) is 76.2 Å². The van der Waals surface area contributed by atoms with Gasteiger partial charge in [0, 0.05) is 11.3 Å². The lowest BCUT2D eigenvalue weighted by Crippen LogP contribution is -2.21. The number of thioether (sulfide) groups is 1. The van der Waals surface area contributed by atoms with E-state index in [9.17, 15) is 4.79 Å². The molecule has 0 saturated heterocycles. The summed E-state index contributed by atoms with van der Waals surface area (Å²) in [4.78, 5) is 12.4. The number of H-pyrrole nitrogens is 1. The molecular weight excluding hydrogens is 398 g/mol. The zero-order valence-electron chi connectivity index (χ0n) is 17.5. The normalized spacial score (nSPS) is 18.3. The van der Waals surface area contributed by atoms with Crippen LogP contribution in [0.25, 0.3) is 0 Å². The molecule has 0 spiro atoms. The molecule has 2 atom stereocenters. The van der Waals surface area contributed by atoms with Crippen molar-refractivity contribution in [1.29, 1.82) is 0 Å². The number of aryl methyl sites for hydroxylation is 2. The molecule has 0 saturated carbocycles. The maximum Gasteiger partial charge on any atom is 0.238 e. The summed E-state index contributed by atoms with van der Waals surface area (Å²) < 4.78 is 11.7. The Labute approximate surface area is 180 Å². The molecule has 0 fully saturated rings. The lowest BCUT2D eigenvalue weighted by Gasteiger charge is -2.19. The Morgan fingerprint density at radius 1 is 1.13 bits per heavy atom. The molecule has 30 heavy (non-hydrogen) atoms. The summed E-state index contributed by atoms with van der Waals surface area (Å²) in [6.07, 6.45) is 0. The number of benzene rings is 2. The van der Waals surface area contributed by atoms with Crippen LogP contribution in [0.15, 0.2) is 42.5 Å². The smallest absolute Gasteiger partial charge is 0.238 e. The fraction of sp³-hybridized carbons (Fsp3) is 0.304. The van der Waals surface area contributed by atoms with E-state index in [2.05, 4.69) is 34.6 Å². The van der Waals surface area contributed by atoms with E-state index in [1.807, 2.05) is 44.2 Å². The summed E-state index contributed by atoms with van der Waals surface area (Å²) in [5, 5.41) is 9.94. The van der Waals surface area contributed by atoms with Gasteiger partial charge < -0.3 is 14.8 Å². The second-order valence-electron chi connectivity index (χ2n) is 7.38. The third kappa shape index (κ3) is 3.89. The first-order chi connectivity index (χ1) is 14.5. The summed E-state index contributed by atoms with van der Waals surface area (Å²) in [6, 6.07) is 14.1. The number of aromatic nitrogens is 2. The summed E-state index contributed by atoms with van der Waals surface area (Å²) >= 11 is 1.60. The molecule has 0 bridgehead atoms. The van der Waals surface area contributed by atoms with E-state index in [0.29, 0.717) is 23.9 Å². The van der Waals surface area contributed by atoms with E-state index in [1.54, 1.807) is 18.9 Å². The van der Waals surface area contributed by atoms with E-state index in [0.717, 1.165) is 22.4 Å². The molecule has 0 aliphatic carbocycles. The summed E-state index contributed by atoms with van der Waals surface area (Å²) in [5.74, 6) is 1.91. The van der Waals surface area contributed by atoms with Gasteiger partial charge in [0.1, 0.15) is 6.61 Å². The van der Waals surface area contributed by atoms with Crippen LogP contribution in [-0.2, 0) is 11.4 Å². The molecule has 2 aromatic carbocycles. The first-order valence-corrected chi connectivity index (χ1v) is 10.8. The standard InChI is InChI=1S/C23H25N3O3S/c1-13-7-5-6-8-17(13)12-29-18-10-9-16(11-19(18)28-4)21-20-14(2)25-26-22(20)24-23(27)15(3)30-21/h5-11,15,21H,12H2,1-4H3,(H2,24,25,26,27)/t15-,21+/m1/s1. The molecule has 4 rings (SSSR count). The molecule has 1 aliphatic rings. The molecule has 1 aromatic heterocycles. The number of rotatable bonds is 5. The van der Waals surface area contributed by atoms with Crippen molar-refractivity contribution in [2.45, 2.75) is 37.9 Å². The number of hydrogen-bond acceptors (Lipinski definition) is 5. The number of nitrogens with zero attached hydrogens (tertiary/aromatic N) is 1. The van der Waals surface area contributed by atoms with Crippen molar-refractivity contribution in [3.8, 4) is 11.5 Å². The average molecular weight is 424 g/mol. The number of carbonyl (C=O) groups excluding carboxylic acids is 1. The zero-order valence-corrected chi connectivity index (χ0v) is 18.3. The lowest BCUT2D eigenvalue weighted by atomic mass is 10.0. The van der Waals surface area contributed by atoms with Gasteiger partial charge in [-0.05, 0) is 49.6 Å². The van der Waals surface area contributed by atoms with Crippen LogP contribution < -0.4 is 14.8 Å². The van der Waals surface area contributed by atoms with Gasteiger partial charge in [0.2, 0.25) is 5.91 Å². The van der Waals surface area contributed by atoms with Crippen LogP contribution in [0.3, 0.4) is 0 Å². The molecule has 0 unspecified atom stereocenters. The largest absolute Gasteiger partial charge is 0.493 e. The molecule has 0 radical (unpaired) electrons. The van der Waals surface area contributed by atoms with Gasteiger partial charge in [-0.3, -0.25) is 9.89 Å². The van der Waals surface area contributed by atoms with Gasteiger partial charge in [0.05, 0.1) is 17.6 Å². The van der Waals surface area contributed by atoms with E-state index in [1.165, 1.54) is 5.56 Å². The number of ether oxygens (including phenoxy) is 2. The number of aromatic amines is 1. The van der Waals surface area contributed by atoms with Crippen molar-refractivity contribution in [3.05, 3.63) is 70.4 Å². The van der Waals surface area contributed by atoms with E-state index in [4.69, 9.17) is 9.47 Å². The summed E-state index contributed by atoms with van der Waals surface area (Å²) in [7, 11) is 1.64. The third-order valence-corrected chi connectivity index (χ3v) is 6.74. The average Bonchev–Trinajstić information content (AvgIpc) is 3.04. The Hall–Kier alpha value is -2.93. The maximum absolute atomic E-state index is 12.4. The Balaban J connectivity index is 1.64. The van der Waals surface area contributed by atoms with Gasteiger partial charge in [-0.15, -0.1) is 11.8 Å². The minimum absolute atomic E-state index is 0.0413. The van der Waals surface area contributed by atoms with E-state index >= 15 is 0 Å². The van der Waals surface area contributed by atoms with Crippen molar-refractivity contribution >= 4 is 23.5 Å². The van der Waals surface area contributed by atoms with E-state index < -0.39 is 0 Å². The highest BCUT2D eigenvalue weighted by molar-refractivity contribution is 8.01. The summed E-state index contributed by atoms with van der Waals surface area (Å²) in [5.41, 5.74) is 5.30. The number of fused-ring (bicyclic) bond motifs is 1. The number of anilines is 1. The maximum atomic E-state index is 12.4. The molecule has 2 heterocycles. The molecule has 1 amide bonds. The van der Waals surface area contributed by atoms with Gasteiger partial charge in [0.15, 0.2) is 17.3 Å². The third-order valence-electron chi connectivity index (χ3n) is 5.34. The van der Waals surface area contributed by atoms with Crippen molar-refractivity contribution in [1.82, 2.24) is 10.2 Å². The van der Waals surface area contributed by atoms with Crippen LogP contribution in [-0.4, -0.2) is 28.5 Å². The van der Waals surface area contributed by atoms with Gasteiger partial charge in [0.25, 0.3) is 0 Å². The van der Waals surface area contributed by atoms with Crippen molar-refractivity contribution in [3.63, 3.8) is 0 Å². The Kier molecular flexibility index (Phi) is 5.72. The number of carbonyl (C=O) groups is 1. The van der Waals surface area contributed by atoms with Crippen molar-refractivity contribution in [2.75, 3.05) is 12.4 Å². The predicted molar refractivity (Wildman–Crippen MR) is 119 cm³/mol. The highest BCUT2D eigenvalue weighted by Crippen LogP contribution is 2.46. The Bertz CT molecular complexity index is 1080. The predicted octanol–water partition coefficient (Wildman–Crippen LogP) is 4.78. The first-order valence-electron chi connectivity index (χ1n) is 9.84. The molecule has 156 valence electrons. The first kappa shape index (κ1) is 20.3. The minimum Gasteiger partial charge on any atom is -0.493 e. The monoisotopic (exact) mass is 423 g/mol. The number of nitrogens with one attached hydrogen (secondary N) is 2. The minimum atomic E-state index is -0.202. The van der Waals surface area contributed by atoms with Crippen LogP contribution >= 0.6 is 11.8 Å². The van der Waals surface area contributed by atoms with Crippen LogP contribution in [0, 0.1) is 13.8 Å². The molecule has 3 aromatic rings. The number of methoxy groups -OCH3 is 1. The second kappa shape index (κ2) is 8.44. The fourth-order valence-corrected chi connectivity index (χ4v) is 4.86. The van der Waals surface area contributed by atoms with Gasteiger partial charge >= 0.3 is 0 Å². The van der Waals surface area contributed by atoms with Crippen LogP contribution in [0.4, 0.5) is 5.82 Å². The molecule has 1 aliphatic heterocycles. The zero-order chi connectivity index (χ0) is 21.3. The quantitative estimate of drug-likeness (QED) is 0.618. The Morgan fingerprint density at radius 2 is 1.93 bits per heavy atom.